The molecule has 0 saturated heterocycles. The first-order chi connectivity index (χ1) is 10.2. The molecular weight excluding hydrogens is 399 g/mol. The number of fused-ring (bicyclic) bond motifs is 1. The molecule has 0 fully saturated rings. The van der Waals surface area contributed by atoms with Crippen LogP contribution in [-0.4, -0.2) is 23.8 Å². The molecule has 3 aromatic rings. The standard InChI is InChI=1S/C15H13IN2O2S/c1-19-13-7-10-12(8-14(13)20-2)18(15(21)17-10)11-6-4-3-5-9(11)16/h3-8H,1-2H3,(H,17,21). The van der Waals surface area contributed by atoms with Gasteiger partial charge in [0, 0.05) is 15.7 Å². The lowest BCUT2D eigenvalue weighted by atomic mass is 10.2. The Morgan fingerprint density at radius 3 is 2.43 bits per heavy atom. The Labute approximate surface area is 140 Å². The number of benzene rings is 2. The van der Waals surface area contributed by atoms with Crippen molar-refractivity contribution in [1.29, 1.82) is 0 Å². The smallest absolute Gasteiger partial charge is 0.182 e. The van der Waals surface area contributed by atoms with Gasteiger partial charge in [-0.05, 0) is 46.9 Å². The number of rotatable bonds is 3. The van der Waals surface area contributed by atoms with Crippen molar-refractivity contribution in [2.24, 2.45) is 0 Å². The van der Waals surface area contributed by atoms with Crippen LogP contribution >= 0.6 is 34.8 Å². The van der Waals surface area contributed by atoms with Crippen molar-refractivity contribution in [1.82, 2.24) is 9.55 Å². The number of H-pyrrole nitrogens is 1. The van der Waals surface area contributed by atoms with Gasteiger partial charge in [0.2, 0.25) is 0 Å². The van der Waals surface area contributed by atoms with Crippen LogP contribution in [0.15, 0.2) is 36.4 Å². The number of ether oxygens (including phenoxy) is 2. The van der Waals surface area contributed by atoms with Crippen LogP contribution in [0, 0.1) is 8.34 Å². The summed E-state index contributed by atoms with van der Waals surface area (Å²) < 4.78 is 14.5. The molecule has 0 aliphatic rings. The van der Waals surface area contributed by atoms with Crippen LogP contribution in [-0.2, 0) is 0 Å². The Bertz CT molecular complexity index is 870. The minimum Gasteiger partial charge on any atom is -0.493 e. The molecule has 0 saturated carbocycles. The summed E-state index contributed by atoms with van der Waals surface area (Å²) in [5.74, 6) is 1.36. The molecule has 0 bridgehead atoms. The molecule has 1 N–H and O–H groups in total. The number of imidazole rings is 1. The van der Waals surface area contributed by atoms with E-state index in [9.17, 15) is 0 Å². The zero-order valence-corrected chi connectivity index (χ0v) is 14.5. The van der Waals surface area contributed by atoms with Crippen molar-refractivity contribution in [3.05, 3.63) is 44.7 Å². The highest BCUT2D eigenvalue weighted by Crippen LogP contribution is 2.33. The van der Waals surface area contributed by atoms with Crippen LogP contribution in [0.2, 0.25) is 0 Å². The van der Waals surface area contributed by atoms with Crippen molar-refractivity contribution in [2.45, 2.75) is 0 Å². The normalized spacial score (nSPS) is 10.8. The molecule has 0 unspecified atom stereocenters. The van der Waals surface area contributed by atoms with E-state index in [1.54, 1.807) is 14.2 Å². The van der Waals surface area contributed by atoms with Crippen LogP contribution in [0.25, 0.3) is 16.7 Å². The molecule has 4 nitrogen and oxygen atoms in total. The number of methoxy groups -OCH3 is 2. The highest BCUT2D eigenvalue weighted by molar-refractivity contribution is 14.1. The molecule has 0 aliphatic heterocycles. The van der Waals surface area contributed by atoms with E-state index in [-0.39, 0.29) is 0 Å². The Balaban J connectivity index is 2.36. The van der Waals surface area contributed by atoms with Crippen molar-refractivity contribution in [2.75, 3.05) is 14.2 Å². The van der Waals surface area contributed by atoms with Crippen molar-refractivity contribution < 1.29 is 9.47 Å². The first kappa shape index (κ1) is 14.4. The number of nitrogens with one attached hydrogen (secondary N) is 1. The van der Waals surface area contributed by atoms with Crippen LogP contribution in [0.4, 0.5) is 0 Å². The molecule has 6 heteroatoms. The van der Waals surface area contributed by atoms with Crippen molar-refractivity contribution in [3.8, 4) is 17.2 Å². The Hall–Kier alpha value is -1.54. The largest absolute Gasteiger partial charge is 0.493 e. The van der Waals surface area contributed by atoms with Crippen molar-refractivity contribution >= 4 is 45.8 Å². The topological polar surface area (TPSA) is 39.2 Å². The molecule has 1 aromatic heterocycles. The van der Waals surface area contributed by atoms with Gasteiger partial charge < -0.3 is 14.5 Å². The fourth-order valence-electron chi connectivity index (χ4n) is 2.31. The number of hydrogen-bond acceptors (Lipinski definition) is 3. The predicted molar refractivity (Wildman–Crippen MR) is 94.3 cm³/mol. The summed E-state index contributed by atoms with van der Waals surface area (Å²) in [7, 11) is 3.25. The third kappa shape index (κ3) is 2.42. The molecule has 108 valence electrons. The van der Waals surface area contributed by atoms with Gasteiger partial charge in [0.15, 0.2) is 16.3 Å². The van der Waals surface area contributed by atoms with E-state index >= 15 is 0 Å². The molecule has 3 rings (SSSR count). The SMILES string of the molecule is COc1cc2[nH]c(=S)n(-c3ccccc3I)c2cc1OC. The van der Waals surface area contributed by atoms with Gasteiger partial charge in [0.25, 0.3) is 0 Å². The molecular formula is C15H13IN2O2S. The quantitative estimate of drug-likeness (QED) is 0.515. The molecule has 1 heterocycles. The minimum atomic E-state index is 0.643. The van der Waals surface area contributed by atoms with Gasteiger partial charge in [-0.25, -0.2) is 0 Å². The third-order valence-electron chi connectivity index (χ3n) is 3.28. The summed E-state index contributed by atoms with van der Waals surface area (Å²) in [6.45, 7) is 0. The third-order valence-corrected chi connectivity index (χ3v) is 4.48. The Kier molecular flexibility index (Phi) is 3.90. The lowest BCUT2D eigenvalue weighted by molar-refractivity contribution is 0.355. The van der Waals surface area contributed by atoms with E-state index < -0.39 is 0 Å². The summed E-state index contributed by atoms with van der Waals surface area (Å²) in [6.07, 6.45) is 0. The predicted octanol–water partition coefficient (Wildman–Crippen LogP) is 4.31. The van der Waals surface area contributed by atoms with Crippen LogP contribution in [0.1, 0.15) is 0 Å². The summed E-state index contributed by atoms with van der Waals surface area (Å²) in [4.78, 5) is 3.22. The van der Waals surface area contributed by atoms with E-state index in [0.717, 1.165) is 20.3 Å². The van der Waals surface area contributed by atoms with Crippen LogP contribution in [0.3, 0.4) is 0 Å². The zero-order valence-electron chi connectivity index (χ0n) is 11.5. The Morgan fingerprint density at radius 1 is 1.10 bits per heavy atom. The number of aromatic nitrogens is 2. The van der Waals surface area contributed by atoms with Crippen molar-refractivity contribution in [3.63, 3.8) is 0 Å². The lowest BCUT2D eigenvalue weighted by Gasteiger charge is -2.10. The molecule has 0 spiro atoms. The number of nitrogens with zero attached hydrogens (tertiary/aromatic N) is 1. The average molecular weight is 412 g/mol. The number of hydrogen-bond donors (Lipinski definition) is 1. The fourth-order valence-corrected chi connectivity index (χ4v) is 3.24. The maximum absolute atomic E-state index is 5.48. The molecule has 0 radical (unpaired) electrons. The van der Waals surface area contributed by atoms with E-state index in [1.807, 2.05) is 34.9 Å². The summed E-state index contributed by atoms with van der Waals surface area (Å²) in [5.41, 5.74) is 2.92. The van der Waals surface area contributed by atoms with Gasteiger partial charge in [0.1, 0.15) is 0 Å². The van der Waals surface area contributed by atoms with Crippen LogP contribution in [0.5, 0.6) is 11.5 Å². The highest BCUT2D eigenvalue weighted by Gasteiger charge is 2.13. The van der Waals surface area contributed by atoms with E-state index in [4.69, 9.17) is 21.7 Å². The minimum absolute atomic E-state index is 0.643. The molecule has 0 atom stereocenters. The lowest BCUT2D eigenvalue weighted by Crippen LogP contribution is -1.97. The zero-order chi connectivity index (χ0) is 15.0. The molecule has 21 heavy (non-hydrogen) atoms. The number of halogens is 1. The van der Waals surface area contributed by atoms with E-state index in [1.165, 1.54) is 0 Å². The maximum Gasteiger partial charge on any atom is 0.182 e. The molecule has 2 aromatic carbocycles. The number of para-hydroxylation sites is 1. The summed E-state index contributed by atoms with van der Waals surface area (Å²) >= 11 is 7.78. The van der Waals surface area contributed by atoms with Gasteiger partial charge in [-0.1, -0.05) is 12.1 Å². The molecule has 0 aliphatic carbocycles. The van der Waals surface area contributed by atoms with Gasteiger partial charge in [-0.15, -0.1) is 0 Å². The second-order valence-electron chi connectivity index (χ2n) is 4.44. The van der Waals surface area contributed by atoms with Gasteiger partial charge in [0.05, 0.1) is 30.9 Å². The second kappa shape index (κ2) is 5.69. The van der Waals surface area contributed by atoms with Gasteiger partial charge in [-0.2, -0.15) is 0 Å². The fraction of sp³-hybridized carbons (Fsp3) is 0.133. The summed E-state index contributed by atoms with van der Waals surface area (Å²) in [6, 6.07) is 11.9. The monoisotopic (exact) mass is 412 g/mol. The number of aromatic amines is 1. The van der Waals surface area contributed by atoms with E-state index in [2.05, 4.69) is 33.6 Å². The Morgan fingerprint density at radius 2 is 1.76 bits per heavy atom. The highest BCUT2D eigenvalue weighted by atomic mass is 127. The van der Waals surface area contributed by atoms with E-state index in [0.29, 0.717) is 16.3 Å². The van der Waals surface area contributed by atoms with Gasteiger partial charge in [-0.3, -0.25) is 4.57 Å². The first-order valence-corrected chi connectivity index (χ1v) is 7.76. The van der Waals surface area contributed by atoms with Crippen LogP contribution < -0.4 is 9.47 Å². The first-order valence-electron chi connectivity index (χ1n) is 6.27. The second-order valence-corrected chi connectivity index (χ2v) is 5.99. The van der Waals surface area contributed by atoms with Gasteiger partial charge >= 0.3 is 0 Å². The summed E-state index contributed by atoms with van der Waals surface area (Å²) in [5, 5.41) is 0. The average Bonchev–Trinajstić information content (AvgIpc) is 2.81. The maximum atomic E-state index is 5.48. The molecule has 0 amide bonds.